The molecule has 0 fully saturated rings. The quantitative estimate of drug-likeness (QED) is 0.829. The van der Waals surface area contributed by atoms with E-state index >= 15 is 0 Å². The Labute approximate surface area is 121 Å². The van der Waals surface area contributed by atoms with Crippen LogP contribution in [-0.2, 0) is 0 Å². The molecule has 3 heteroatoms. The maximum absolute atomic E-state index is 12.4. The number of benzene rings is 1. The minimum Gasteiger partial charge on any atom is -0.395 e. The molecule has 1 rings (SSSR count). The first-order chi connectivity index (χ1) is 9.39. The van der Waals surface area contributed by atoms with Crippen LogP contribution in [0, 0.1) is 18.8 Å². The van der Waals surface area contributed by atoms with Crippen LogP contribution in [0.4, 0.5) is 0 Å². The van der Waals surface area contributed by atoms with Gasteiger partial charge in [-0.1, -0.05) is 30.4 Å². The van der Waals surface area contributed by atoms with E-state index in [0.717, 1.165) is 12.0 Å². The Bertz CT molecular complexity index is 536. The summed E-state index contributed by atoms with van der Waals surface area (Å²) in [6.07, 6.45) is 1.27. The number of nitrogens with one attached hydrogen (secondary N) is 1. The molecule has 0 atom stereocenters. The van der Waals surface area contributed by atoms with Gasteiger partial charge >= 0.3 is 0 Å². The maximum Gasteiger partial charge on any atom is 0.252 e. The van der Waals surface area contributed by atoms with Gasteiger partial charge in [0.2, 0.25) is 0 Å². The number of carbonyl (C=O) groups excluding carboxylic acids is 1. The molecule has 2 N–H and O–H groups in total. The van der Waals surface area contributed by atoms with Crippen molar-refractivity contribution in [3.8, 4) is 11.8 Å². The molecule has 0 bridgehead atoms. The zero-order valence-corrected chi connectivity index (χ0v) is 12.7. The second-order valence-electron chi connectivity index (χ2n) is 5.52. The molecule has 0 spiro atoms. The van der Waals surface area contributed by atoms with Crippen LogP contribution in [0.3, 0.4) is 0 Å². The van der Waals surface area contributed by atoms with E-state index in [9.17, 15) is 4.79 Å². The van der Waals surface area contributed by atoms with Gasteiger partial charge in [-0.3, -0.25) is 4.79 Å². The molecule has 3 nitrogen and oxygen atoms in total. The molecular weight excluding hydrogens is 250 g/mol. The van der Waals surface area contributed by atoms with Gasteiger partial charge in [0.25, 0.3) is 5.91 Å². The predicted octanol–water partition coefficient (Wildman–Crippen LogP) is 2.65. The standard InChI is InChI=1S/C17H23NO2/c1-5-17(3,4)18-16(20)15-12-13(2)9-10-14(15)8-6-7-11-19/h9-10,12,19H,5,7,11H2,1-4H3,(H,18,20). The number of rotatable bonds is 4. The molecule has 0 aliphatic rings. The fourth-order valence-electron chi connectivity index (χ4n) is 1.63. The van der Waals surface area contributed by atoms with Crippen LogP contribution < -0.4 is 5.32 Å². The average molecular weight is 273 g/mol. The highest BCUT2D eigenvalue weighted by molar-refractivity contribution is 5.97. The number of aryl methyl sites for hydroxylation is 1. The fraction of sp³-hybridized carbons (Fsp3) is 0.471. The van der Waals surface area contributed by atoms with E-state index in [1.165, 1.54) is 0 Å². The fourth-order valence-corrected chi connectivity index (χ4v) is 1.63. The molecule has 0 saturated heterocycles. The highest BCUT2D eigenvalue weighted by Crippen LogP contribution is 2.14. The van der Waals surface area contributed by atoms with E-state index in [1.54, 1.807) is 0 Å². The lowest BCUT2D eigenvalue weighted by atomic mass is 9.99. The molecule has 1 aromatic carbocycles. The molecule has 0 aliphatic heterocycles. The predicted molar refractivity (Wildman–Crippen MR) is 81.6 cm³/mol. The summed E-state index contributed by atoms with van der Waals surface area (Å²) in [4.78, 5) is 12.4. The summed E-state index contributed by atoms with van der Waals surface area (Å²) in [6, 6.07) is 5.64. The largest absolute Gasteiger partial charge is 0.395 e. The number of hydrogen-bond donors (Lipinski definition) is 2. The highest BCUT2D eigenvalue weighted by Gasteiger charge is 2.20. The summed E-state index contributed by atoms with van der Waals surface area (Å²) >= 11 is 0. The van der Waals surface area contributed by atoms with Gasteiger partial charge in [-0.05, 0) is 39.3 Å². The van der Waals surface area contributed by atoms with Crippen LogP contribution >= 0.6 is 0 Å². The summed E-state index contributed by atoms with van der Waals surface area (Å²) in [5.41, 5.74) is 2.08. The van der Waals surface area contributed by atoms with Crippen LogP contribution in [0.5, 0.6) is 0 Å². The van der Waals surface area contributed by atoms with Crippen molar-refractivity contribution in [1.82, 2.24) is 5.32 Å². The van der Waals surface area contributed by atoms with E-state index in [-0.39, 0.29) is 18.1 Å². The van der Waals surface area contributed by atoms with Crippen molar-refractivity contribution in [2.45, 2.75) is 46.1 Å². The lowest BCUT2D eigenvalue weighted by molar-refractivity contribution is 0.0911. The van der Waals surface area contributed by atoms with Crippen LogP contribution in [0.1, 0.15) is 55.1 Å². The molecule has 0 saturated carbocycles. The van der Waals surface area contributed by atoms with Crippen molar-refractivity contribution in [3.63, 3.8) is 0 Å². The molecule has 1 amide bonds. The van der Waals surface area contributed by atoms with E-state index in [1.807, 2.05) is 45.9 Å². The Morgan fingerprint density at radius 1 is 1.40 bits per heavy atom. The minimum atomic E-state index is -0.239. The SMILES string of the molecule is CCC(C)(C)NC(=O)c1cc(C)ccc1C#CCCO. The Kier molecular flexibility index (Phi) is 5.79. The monoisotopic (exact) mass is 273 g/mol. The molecule has 108 valence electrons. The van der Waals surface area contributed by atoms with E-state index in [0.29, 0.717) is 17.5 Å². The molecule has 0 aromatic heterocycles. The van der Waals surface area contributed by atoms with Crippen LogP contribution in [0.25, 0.3) is 0 Å². The minimum absolute atomic E-state index is 0.0310. The summed E-state index contributed by atoms with van der Waals surface area (Å²) in [6.45, 7) is 8.02. The van der Waals surface area contributed by atoms with Crippen LogP contribution in [0.15, 0.2) is 18.2 Å². The second-order valence-corrected chi connectivity index (χ2v) is 5.52. The van der Waals surface area contributed by atoms with Gasteiger partial charge in [0.05, 0.1) is 12.2 Å². The summed E-state index contributed by atoms with van der Waals surface area (Å²) in [5.74, 6) is 5.72. The Hall–Kier alpha value is -1.79. The van der Waals surface area contributed by atoms with Crippen molar-refractivity contribution in [3.05, 3.63) is 34.9 Å². The number of amides is 1. The lowest BCUT2D eigenvalue weighted by Crippen LogP contribution is -2.43. The second kappa shape index (κ2) is 7.12. The maximum atomic E-state index is 12.4. The van der Waals surface area contributed by atoms with E-state index in [2.05, 4.69) is 17.2 Å². The third kappa shape index (κ3) is 4.71. The zero-order chi connectivity index (χ0) is 15.2. The molecule has 0 heterocycles. The first-order valence-electron chi connectivity index (χ1n) is 6.92. The molecule has 1 aromatic rings. The van der Waals surface area contributed by atoms with E-state index < -0.39 is 0 Å². The van der Waals surface area contributed by atoms with Gasteiger partial charge in [-0.2, -0.15) is 0 Å². The molecule has 0 unspecified atom stereocenters. The smallest absolute Gasteiger partial charge is 0.252 e. The Morgan fingerprint density at radius 2 is 2.10 bits per heavy atom. The van der Waals surface area contributed by atoms with Gasteiger partial charge in [-0.25, -0.2) is 0 Å². The number of aliphatic hydroxyl groups is 1. The number of carbonyl (C=O) groups is 1. The topological polar surface area (TPSA) is 49.3 Å². The highest BCUT2D eigenvalue weighted by atomic mass is 16.2. The van der Waals surface area contributed by atoms with Crippen molar-refractivity contribution in [2.75, 3.05) is 6.61 Å². The number of aliphatic hydroxyl groups excluding tert-OH is 1. The van der Waals surface area contributed by atoms with Gasteiger partial charge in [0.1, 0.15) is 0 Å². The van der Waals surface area contributed by atoms with Gasteiger partial charge in [0.15, 0.2) is 0 Å². The average Bonchev–Trinajstić information content (AvgIpc) is 2.40. The summed E-state index contributed by atoms with van der Waals surface area (Å²) < 4.78 is 0. The lowest BCUT2D eigenvalue weighted by Gasteiger charge is -2.24. The number of hydrogen-bond acceptors (Lipinski definition) is 2. The van der Waals surface area contributed by atoms with Crippen molar-refractivity contribution < 1.29 is 9.90 Å². The Balaban J connectivity index is 3.07. The third-order valence-electron chi connectivity index (χ3n) is 3.22. The van der Waals surface area contributed by atoms with Crippen LogP contribution in [-0.4, -0.2) is 23.2 Å². The third-order valence-corrected chi connectivity index (χ3v) is 3.22. The first-order valence-corrected chi connectivity index (χ1v) is 6.92. The van der Waals surface area contributed by atoms with Crippen LogP contribution in [0.2, 0.25) is 0 Å². The van der Waals surface area contributed by atoms with Gasteiger partial charge in [0, 0.05) is 17.5 Å². The summed E-state index contributed by atoms with van der Waals surface area (Å²) in [5, 5.41) is 11.8. The molecule has 0 radical (unpaired) electrons. The molecule has 20 heavy (non-hydrogen) atoms. The zero-order valence-electron chi connectivity index (χ0n) is 12.7. The summed E-state index contributed by atoms with van der Waals surface area (Å²) in [7, 11) is 0. The normalized spacial score (nSPS) is 10.7. The first kappa shape index (κ1) is 16.3. The Morgan fingerprint density at radius 3 is 2.70 bits per heavy atom. The molecular formula is C17H23NO2. The van der Waals surface area contributed by atoms with Gasteiger partial charge < -0.3 is 10.4 Å². The van der Waals surface area contributed by atoms with Crippen molar-refractivity contribution >= 4 is 5.91 Å². The van der Waals surface area contributed by atoms with Crippen molar-refractivity contribution in [2.24, 2.45) is 0 Å². The van der Waals surface area contributed by atoms with Crippen molar-refractivity contribution in [1.29, 1.82) is 0 Å². The molecule has 0 aliphatic carbocycles. The van der Waals surface area contributed by atoms with Gasteiger partial charge in [-0.15, -0.1) is 0 Å². The van der Waals surface area contributed by atoms with E-state index in [4.69, 9.17) is 5.11 Å².